The van der Waals surface area contributed by atoms with Gasteiger partial charge in [-0.1, -0.05) is 49.1 Å². The standard InChI is InChI=1S/C15H17N/c1-3-13(4-2)16-15-11-7-9-12-8-5-6-10-14(12)15/h3-12,14,16H,1H2,2H3/b13-4+. The van der Waals surface area contributed by atoms with Crippen LogP contribution in [-0.4, -0.2) is 0 Å². The third-order valence-electron chi connectivity index (χ3n) is 2.97. The molecule has 1 nitrogen and oxygen atoms in total. The van der Waals surface area contributed by atoms with E-state index in [4.69, 9.17) is 0 Å². The molecule has 2 rings (SSSR count). The number of nitrogens with one attached hydrogen (secondary N) is 1. The van der Waals surface area contributed by atoms with E-state index in [1.165, 1.54) is 5.70 Å². The van der Waals surface area contributed by atoms with Gasteiger partial charge < -0.3 is 5.32 Å². The Balaban J connectivity index is 2.18. The molecule has 0 amide bonds. The van der Waals surface area contributed by atoms with Crippen LogP contribution in [0.5, 0.6) is 0 Å². The van der Waals surface area contributed by atoms with Crippen molar-refractivity contribution in [1.29, 1.82) is 0 Å². The van der Waals surface area contributed by atoms with Gasteiger partial charge in [-0.05, 0) is 19.1 Å². The van der Waals surface area contributed by atoms with Crippen molar-refractivity contribution in [3.63, 3.8) is 0 Å². The van der Waals surface area contributed by atoms with Gasteiger partial charge in [-0.25, -0.2) is 0 Å². The monoisotopic (exact) mass is 211 g/mol. The summed E-state index contributed by atoms with van der Waals surface area (Å²) in [6, 6.07) is 0. The number of hydrogen-bond acceptors (Lipinski definition) is 1. The molecule has 82 valence electrons. The lowest BCUT2D eigenvalue weighted by Crippen LogP contribution is -2.25. The van der Waals surface area contributed by atoms with Crippen molar-refractivity contribution < 1.29 is 0 Å². The van der Waals surface area contributed by atoms with Crippen LogP contribution >= 0.6 is 0 Å². The summed E-state index contributed by atoms with van der Waals surface area (Å²) in [5.74, 6) is 0.922. The highest BCUT2D eigenvalue weighted by Crippen LogP contribution is 2.30. The molecule has 0 bridgehead atoms. The zero-order valence-corrected chi connectivity index (χ0v) is 9.56. The molecule has 0 aliphatic heterocycles. The van der Waals surface area contributed by atoms with Crippen molar-refractivity contribution >= 4 is 0 Å². The third-order valence-corrected chi connectivity index (χ3v) is 2.97. The van der Waals surface area contributed by atoms with E-state index < -0.39 is 0 Å². The van der Waals surface area contributed by atoms with E-state index in [0.29, 0.717) is 11.8 Å². The lowest BCUT2D eigenvalue weighted by atomic mass is 9.82. The molecular formula is C15H17N. The molecule has 0 saturated carbocycles. The van der Waals surface area contributed by atoms with Crippen LogP contribution in [0, 0.1) is 11.8 Å². The second-order valence-corrected chi connectivity index (χ2v) is 3.95. The highest BCUT2D eigenvalue weighted by atomic mass is 14.9. The van der Waals surface area contributed by atoms with Gasteiger partial charge in [0.25, 0.3) is 0 Å². The van der Waals surface area contributed by atoms with Crippen LogP contribution in [0.15, 0.2) is 72.7 Å². The Labute approximate surface area is 97.2 Å². The van der Waals surface area contributed by atoms with Gasteiger partial charge in [0.1, 0.15) is 0 Å². The molecule has 0 aromatic heterocycles. The second kappa shape index (κ2) is 4.84. The van der Waals surface area contributed by atoms with Crippen molar-refractivity contribution in [3.8, 4) is 0 Å². The van der Waals surface area contributed by atoms with Crippen molar-refractivity contribution in [2.75, 3.05) is 0 Å². The normalized spacial score (nSPS) is 27.3. The molecule has 1 N–H and O–H groups in total. The first kappa shape index (κ1) is 10.7. The summed E-state index contributed by atoms with van der Waals surface area (Å²) in [7, 11) is 0. The highest BCUT2D eigenvalue weighted by molar-refractivity contribution is 5.35. The second-order valence-electron chi connectivity index (χ2n) is 3.95. The van der Waals surface area contributed by atoms with Gasteiger partial charge in [0, 0.05) is 23.2 Å². The maximum atomic E-state index is 3.79. The maximum Gasteiger partial charge on any atom is 0.0332 e. The van der Waals surface area contributed by atoms with Crippen LogP contribution in [0.1, 0.15) is 6.92 Å². The Hall–Kier alpha value is -1.76. The topological polar surface area (TPSA) is 12.0 Å². The Morgan fingerprint density at radius 3 is 2.75 bits per heavy atom. The Bertz CT molecular complexity index is 419. The molecule has 16 heavy (non-hydrogen) atoms. The van der Waals surface area contributed by atoms with Crippen LogP contribution in [-0.2, 0) is 0 Å². The fraction of sp³-hybridized carbons (Fsp3) is 0.200. The average molecular weight is 211 g/mol. The molecule has 2 aliphatic rings. The summed E-state index contributed by atoms with van der Waals surface area (Å²) in [5.41, 5.74) is 2.30. The van der Waals surface area contributed by atoms with Crippen molar-refractivity contribution in [2.45, 2.75) is 6.92 Å². The molecule has 0 heterocycles. The fourth-order valence-corrected chi connectivity index (χ4v) is 2.05. The minimum atomic E-state index is 0.435. The molecule has 2 atom stereocenters. The molecule has 0 spiro atoms. The molecule has 0 radical (unpaired) electrons. The quantitative estimate of drug-likeness (QED) is 0.705. The fourth-order valence-electron chi connectivity index (χ4n) is 2.05. The van der Waals surface area contributed by atoms with Crippen molar-refractivity contribution in [3.05, 3.63) is 72.7 Å². The van der Waals surface area contributed by atoms with Gasteiger partial charge in [-0.2, -0.15) is 0 Å². The summed E-state index contributed by atoms with van der Waals surface area (Å²) in [6.07, 6.45) is 19.1. The van der Waals surface area contributed by atoms with Crippen LogP contribution in [0.4, 0.5) is 0 Å². The zero-order valence-electron chi connectivity index (χ0n) is 9.56. The Morgan fingerprint density at radius 1 is 1.25 bits per heavy atom. The first-order valence-corrected chi connectivity index (χ1v) is 5.64. The van der Waals surface area contributed by atoms with E-state index >= 15 is 0 Å². The molecule has 0 fully saturated rings. The van der Waals surface area contributed by atoms with Crippen LogP contribution in [0.2, 0.25) is 0 Å². The molecular weight excluding hydrogens is 194 g/mol. The minimum absolute atomic E-state index is 0.435. The van der Waals surface area contributed by atoms with Gasteiger partial charge in [-0.15, -0.1) is 0 Å². The minimum Gasteiger partial charge on any atom is -0.359 e. The Morgan fingerprint density at radius 2 is 2.00 bits per heavy atom. The summed E-state index contributed by atoms with van der Waals surface area (Å²) < 4.78 is 0. The first-order valence-electron chi connectivity index (χ1n) is 5.64. The SMILES string of the molecule is C=C/C(=C\C)NC1=CC=CC2C=CC=CC12. The van der Waals surface area contributed by atoms with Gasteiger partial charge in [-0.3, -0.25) is 0 Å². The first-order chi connectivity index (χ1) is 7.85. The van der Waals surface area contributed by atoms with Gasteiger partial charge in [0.15, 0.2) is 0 Å². The van der Waals surface area contributed by atoms with E-state index in [9.17, 15) is 0 Å². The summed E-state index contributed by atoms with van der Waals surface area (Å²) in [6.45, 7) is 5.80. The van der Waals surface area contributed by atoms with E-state index in [1.807, 2.05) is 19.1 Å². The van der Waals surface area contributed by atoms with E-state index in [-0.39, 0.29) is 0 Å². The smallest absolute Gasteiger partial charge is 0.0332 e. The average Bonchev–Trinajstić information content (AvgIpc) is 2.36. The lowest BCUT2D eigenvalue weighted by Gasteiger charge is -2.28. The molecule has 0 aromatic rings. The number of hydrogen-bond donors (Lipinski definition) is 1. The predicted molar refractivity (Wildman–Crippen MR) is 69.6 cm³/mol. The molecule has 2 unspecified atom stereocenters. The van der Waals surface area contributed by atoms with Gasteiger partial charge in [0.05, 0.1) is 0 Å². The highest BCUT2D eigenvalue weighted by Gasteiger charge is 2.22. The molecule has 0 aromatic carbocycles. The lowest BCUT2D eigenvalue weighted by molar-refractivity contribution is 0.591. The van der Waals surface area contributed by atoms with E-state index in [2.05, 4.69) is 54.4 Å². The maximum absolute atomic E-state index is 3.79. The van der Waals surface area contributed by atoms with Crippen molar-refractivity contribution in [1.82, 2.24) is 5.32 Å². The summed E-state index contributed by atoms with van der Waals surface area (Å²) in [4.78, 5) is 0. The third kappa shape index (κ3) is 2.08. The molecule has 0 saturated heterocycles. The molecule has 2 aliphatic carbocycles. The summed E-state index contributed by atoms with van der Waals surface area (Å²) in [5, 5.41) is 3.42. The summed E-state index contributed by atoms with van der Waals surface area (Å²) >= 11 is 0. The van der Waals surface area contributed by atoms with Crippen LogP contribution in [0.25, 0.3) is 0 Å². The van der Waals surface area contributed by atoms with E-state index in [1.54, 1.807) is 0 Å². The van der Waals surface area contributed by atoms with Gasteiger partial charge >= 0.3 is 0 Å². The number of rotatable bonds is 3. The van der Waals surface area contributed by atoms with Crippen LogP contribution < -0.4 is 5.32 Å². The Kier molecular flexibility index (Phi) is 3.25. The zero-order chi connectivity index (χ0) is 11.4. The van der Waals surface area contributed by atoms with E-state index in [0.717, 1.165) is 5.70 Å². The predicted octanol–water partition coefficient (Wildman–Crippen LogP) is 3.48. The number of allylic oxidation sites excluding steroid dienone is 9. The van der Waals surface area contributed by atoms with Gasteiger partial charge in [0.2, 0.25) is 0 Å². The largest absolute Gasteiger partial charge is 0.359 e. The molecule has 1 heteroatoms. The van der Waals surface area contributed by atoms with Crippen LogP contribution in [0.3, 0.4) is 0 Å². The van der Waals surface area contributed by atoms with Crippen molar-refractivity contribution in [2.24, 2.45) is 11.8 Å². The number of fused-ring (bicyclic) bond motifs is 1.